The minimum Gasteiger partial charge on any atom is -0.481 e. The summed E-state index contributed by atoms with van der Waals surface area (Å²) in [6, 6.07) is 0. The zero-order chi connectivity index (χ0) is 24.9. The van der Waals surface area contributed by atoms with Crippen LogP contribution in [-0.2, 0) is 9.59 Å². The van der Waals surface area contributed by atoms with Crippen molar-refractivity contribution in [3.8, 4) is 0 Å². The molecule has 0 unspecified atom stereocenters. The number of aliphatic hydroxyl groups excluding tert-OH is 4. The summed E-state index contributed by atoms with van der Waals surface area (Å²) in [6.45, 7) is 5.03. The van der Waals surface area contributed by atoms with Crippen molar-refractivity contribution < 1.29 is 40.2 Å². The van der Waals surface area contributed by atoms with Crippen LogP contribution in [0.5, 0.6) is 0 Å². The number of carboxylic acids is 2. The largest absolute Gasteiger partial charge is 0.481 e. The molecule has 0 aliphatic rings. The van der Waals surface area contributed by atoms with E-state index in [9.17, 15) is 9.59 Å². The van der Waals surface area contributed by atoms with Crippen LogP contribution in [0.2, 0.25) is 0 Å². The van der Waals surface area contributed by atoms with Crippen LogP contribution in [0.4, 0.5) is 0 Å². The molecule has 0 bridgehead atoms. The maximum absolute atomic E-state index is 10.6. The fourth-order valence-corrected chi connectivity index (χ4v) is 2.58. The van der Waals surface area contributed by atoms with Gasteiger partial charge in [-0.15, -0.1) is 0 Å². The molecule has 10 nitrogen and oxygen atoms in total. The lowest BCUT2D eigenvalue weighted by molar-refractivity contribution is -0.154. The Kier molecular flexibility index (Phi) is 35.2. The van der Waals surface area contributed by atoms with Gasteiger partial charge in [0.2, 0.25) is 0 Å². The van der Waals surface area contributed by atoms with Gasteiger partial charge >= 0.3 is 11.9 Å². The second-order valence-electron chi connectivity index (χ2n) is 7.24. The molecule has 0 amide bonds. The van der Waals surface area contributed by atoms with Crippen LogP contribution in [0.25, 0.3) is 0 Å². The molecule has 8 N–H and O–H groups in total. The van der Waals surface area contributed by atoms with Crippen molar-refractivity contribution in [2.45, 2.75) is 71.1 Å². The van der Waals surface area contributed by atoms with Gasteiger partial charge in [-0.05, 0) is 6.42 Å². The Morgan fingerprint density at radius 3 is 1.19 bits per heavy atom. The quantitative estimate of drug-likeness (QED) is 0.0941. The number of unbranched alkanes of at least 4 members (excludes halogenated alkanes) is 8. The summed E-state index contributed by atoms with van der Waals surface area (Å²) in [7, 11) is 0. The van der Waals surface area contributed by atoms with Crippen molar-refractivity contribution >= 4 is 11.9 Å². The van der Waals surface area contributed by atoms with Gasteiger partial charge in [-0.25, -0.2) is 0 Å². The van der Waals surface area contributed by atoms with Gasteiger partial charge in [0.15, 0.2) is 5.92 Å². The zero-order valence-corrected chi connectivity index (χ0v) is 19.8. The molecule has 0 saturated heterocycles. The van der Waals surface area contributed by atoms with E-state index in [1.165, 1.54) is 38.5 Å². The molecular weight excluding hydrogens is 420 g/mol. The third-order valence-electron chi connectivity index (χ3n) is 4.35. The van der Waals surface area contributed by atoms with Crippen LogP contribution in [0.3, 0.4) is 0 Å². The third-order valence-corrected chi connectivity index (χ3v) is 4.35. The highest BCUT2D eigenvalue weighted by molar-refractivity contribution is 5.92. The van der Waals surface area contributed by atoms with Gasteiger partial charge in [-0.1, -0.05) is 64.7 Å². The molecule has 0 rings (SSSR count). The molecule has 0 aromatic carbocycles. The maximum Gasteiger partial charge on any atom is 0.317 e. The number of rotatable bonds is 20. The van der Waals surface area contributed by atoms with Crippen LogP contribution in [0.1, 0.15) is 71.1 Å². The van der Waals surface area contributed by atoms with Crippen molar-refractivity contribution in [2.75, 3.05) is 52.6 Å². The lowest BCUT2D eigenvalue weighted by Crippen LogP contribution is -2.23. The van der Waals surface area contributed by atoms with Gasteiger partial charge in [0.25, 0.3) is 0 Å². The first-order valence-electron chi connectivity index (χ1n) is 11.7. The van der Waals surface area contributed by atoms with E-state index in [4.69, 9.17) is 30.6 Å². The Morgan fingerprint density at radius 1 is 0.594 bits per heavy atom. The van der Waals surface area contributed by atoms with Gasteiger partial charge < -0.3 is 41.3 Å². The van der Waals surface area contributed by atoms with E-state index in [0.717, 1.165) is 12.8 Å². The van der Waals surface area contributed by atoms with E-state index >= 15 is 0 Å². The van der Waals surface area contributed by atoms with E-state index < -0.39 is 17.9 Å². The van der Waals surface area contributed by atoms with E-state index in [1.54, 1.807) is 0 Å². The summed E-state index contributed by atoms with van der Waals surface area (Å²) in [4.78, 5) is 21.3. The summed E-state index contributed by atoms with van der Waals surface area (Å²) in [5.74, 6) is -3.67. The molecule has 10 heteroatoms. The van der Waals surface area contributed by atoms with Gasteiger partial charge in [-0.2, -0.15) is 0 Å². The fraction of sp³-hybridized carbons (Fsp3) is 0.909. The number of aliphatic carboxylic acids is 2. The molecule has 0 fully saturated rings. The standard InChI is InChI=1S/C14H26O4.2C4H11NO2/c1-2-3-4-5-6-7-8-9-10-11-12(13(15)16)14(17)18;2*6-3-1-5-2-4-7/h12H,2-11H2,1H3,(H,15,16)(H,17,18);2*5-7H,1-4H2. The van der Waals surface area contributed by atoms with Crippen molar-refractivity contribution in [1.29, 1.82) is 0 Å². The highest BCUT2D eigenvalue weighted by Crippen LogP contribution is 2.14. The summed E-state index contributed by atoms with van der Waals surface area (Å²) >= 11 is 0. The van der Waals surface area contributed by atoms with Crippen molar-refractivity contribution in [3.05, 3.63) is 0 Å². The average molecular weight is 469 g/mol. The van der Waals surface area contributed by atoms with Gasteiger partial charge in [0.1, 0.15) is 0 Å². The van der Waals surface area contributed by atoms with Crippen LogP contribution < -0.4 is 10.6 Å². The molecule has 0 radical (unpaired) electrons. The predicted molar refractivity (Wildman–Crippen MR) is 125 cm³/mol. The fourth-order valence-electron chi connectivity index (χ4n) is 2.58. The highest BCUT2D eigenvalue weighted by Gasteiger charge is 2.24. The van der Waals surface area contributed by atoms with Crippen molar-refractivity contribution in [3.63, 3.8) is 0 Å². The smallest absolute Gasteiger partial charge is 0.317 e. The molecule has 194 valence electrons. The zero-order valence-electron chi connectivity index (χ0n) is 19.8. The lowest BCUT2D eigenvalue weighted by atomic mass is 10.00. The molecule has 0 atom stereocenters. The molecule has 0 aromatic heterocycles. The van der Waals surface area contributed by atoms with E-state index in [0.29, 0.717) is 32.6 Å². The molecule has 0 aromatic rings. The minimum absolute atomic E-state index is 0.139. The van der Waals surface area contributed by atoms with Crippen LogP contribution in [0, 0.1) is 5.92 Å². The van der Waals surface area contributed by atoms with E-state index in [-0.39, 0.29) is 32.8 Å². The van der Waals surface area contributed by atoms with Crippen LogP contribution in [0.15, 0.2) is 0 Å². The third kappa shape index (κ3) is 33.3. The SMILES string of the molecule is CCCCCCCCCCCC(C(=O)O)C(=O)O.OCCNCCO.OCCNCCO. The second-order valence-corrected chi connectivity index (χ2v) is 7.24. The minimum atomic E-state index is -1.23. The predicted octanol–water partition coefficient (Wildman–Crippen LogP) is 0.814. The first kappa shape index (κ1) is 35.3. The summed E-state index contributed by atoms with van der Waals surface area (Å²) in [6.07, 6.45) is 10.5. The molecule has 0 aliphatic carbocycles. The van der Waals surface area contributed by atoms with E-state index in [2.05, 4.69) is 17.6 Å². The monoisotopic (exact) mass is 468 g/mol. The molecule has 0 saturated carbocycles. The van der Waals surface area contributed by atoms with Crippen LogP contribution in [-0.4, -0.2) is 95.2 Å². The summed E-state index contributed by atoms with van der Waals surface area (Å²) in [5.41, 5.74) is 0. The Labute approximate surface area is 193 Å². The molecule has 32 heavy (non-hydrogen) atoms. The molecule has 0 heterocycles. The summed E-state index contributed by atoms with van der Waals surface area (Å²) in [5, 5.41) is 55.5. The summed E-state index contributed by atoms with van der Waals surface area (Å²) < 4.78 is 0. The Morgan fingerprint density at radius 2 is 0.906 bits per heavy atom. The van der Waals surface area contributed by atoms with Gasteiger partial charge in [0.05, 0.1) is 26.4 Å². The van der Waals surface area contributed by atoms with Crippen LogP contribution >= 0.6 is 0 Å². The highest BCUT2D eigenvalue weighted by atomic mass is 16.4. The molecule has 0 aliphatic heterocycles. The Balaban J connectivity index is -0.000000491. The number of hydrogen-bond acceptors (Lipinski definition) is 8. The molecule has 0 spiro atoms. The molecular formula is C22H48N2O8. The Hall–Kier alpha value is -1.30. The number of carboxylic acid groups (broad SMARTS) is 2. The number of aliphatic hydroxyl groups is 4. The first-order valence-corrected chi connectivity index (χ1v) is 11.7. The van der Waals surface area contributed by atoms with Crippen molar-refractivity contribution in [1.82, 2.24) is 10.6 Å². The normalized spacial score (nSPS) is 10.2. The maximum atomic E-state index is 10.6. The number of nitrogens with one attached hydrogen (secondary N) is 2. The first-order chi connectivity index (χ1) is 15.4. The average Bonchev–Trinajstić information content (AvgIpc) is 2.76. The van der Waals surface area contributed by atoms with Gasteiger partial charge in [-0.3, -0.25) is 9.59 Å². The van der Waals surface area contributed by atoms with Gasteiger partial charge in [0, 0.05) is 26.2 Å². The second kappa shape index (κ2) is 31.9. The number of carbonyl (C=O) groups is 2. The number of hydrogen-bond donors (Lipinski definition) is 8. The van der Waals surface area contributed by atoms with E-state index in [1.807, 2.05) is 0 Å². The van der Waals surface area contributed by atoms with Crippen molar-refractivity contribution in [2.24, 2.45) is 5.92 Å². The Bertz CT molecular complexity index is 355. The lowest BCUT2D eigenvalue weighted by Gasteiger charge is -2.06. The topological polar surface area (TPSA) is 180 Å².